The number of esters is 3. The number of unbranched alkanes of at least 4 members (excludes halogenated alkanes) is 56. The molecule has 0 aliphatic carbocycles. The van der Waals surface area contributed by atoms with Crippen molar-refractivity contribution in [2.24, 2.45) is 0 Å². The molecular weight excluding hydrogens is 1020 g/mol. The van der Waals surface area contributed by atoms with Gasteiger partial charge < -0.3 is 14.2 Å². The molecule has 0 N–H and O–H groups in total. The number of ether oxygens (including phenoxy) is 3. The minimum atomic E-state index is -0.772. The summed E-state index contributed by atoms with van der Waals surface area (Å²) in [5.74, 6) is -0.837. The Morgan fingerprint density at radius 2 is 0.434 bits per heavy atom. The Morgan fingerprint density at radius 1 is 0.241 bits per heavy atom. The van der Waals surface area contributed by atoms with Gasteiger partial charge in [-0.05, 0) is 51.4 Å². The van der Waals surface area contributed by atoms with Crippen molar-refractivity contribution in [2.75, 3.05) is 13.2 Å². The van der Waals surface area contributed by atoms with E-state index < -0.39 is 6.10 Å². The van der Waals surface area contributed by atoms with E-state index in [-0.39, 0.29) is 31.1 Å². The number of allylic oxidation sites excluding steroid dienone is 4. The average molecular weight is 1170 g/mol. The van der Waals surface area contributed by atoms with Crippen LogP contribution in [0.5, 0.6) is 0 Å². The molecule has 0 radical (unpaired) electrons. The summed E-state index contributed by atoms with van der Waals surface area (Å²) in [5, 5.41) is 0. The van der Waals surface area contributed by atoms with E-state index in [1.807, 2.05) is 0 Å². The lowest BCUT2D eigenvalue weighted by atomic mass is 10.0. The van der Waals surface area contributed by atoms with Crippen LogP contribution < -0.4 is 0 Å². The lowest BCUT2D eigenvalue weighted by molar-refractivity contribution is -0.167. The van der Waals surface area contributed by atoms with Crippen molar-refractivity contribution in [3.05, 3.63) is 24.3 Å². The maximum atomic E-state index is 13.0. The molecule has 0 spiro atoms. The minimum absolute atomic E-state index is 0.0668. The molecule has 490 valence electrons. The van der Waals surface area contributed by atoms with Gasteiger partial charge in [0.05, 0.1) is 0 Å². The molecule has 0 saturated carbocycles. The molecule has 1 unspecified atom stereocenters. The fourth-order valence-electron chi connectivity index (χ4n) is 11.8. The Morgan fingerprint density at radius 3 is 0.675 bits per heavy atom. The largest absolute Gasteiger partial charge is 0.462 e. The molecule has 0 bridgehead atoms. The third-order valence-corrected chi connectivity index (χ3v) is 17.5. The monoisotopic (exact) mass is 1170 g/mol. The van der Waals surface area contributed by atoms with Crippen molar-refractivity contribution >= 4 is 17.9 Å². The van der Waals surface area contributed by atoms with Crippen LogP contribution in [0.1, 0.15) is 432 Å². The first-order valence-electron chi connectivity index (χ1n) is 37.8. The summed E-state index contributed by atoms with van der Waals surface area (Å²) in [5.41, 5.74) is 0. The van der Waals surface area contributed by atoms with Crippen LogP contribution in [0.4, 0.5) is 0 Å². The van der Waals surface area contributed by atoms with Crippen molar-refractivity contribution in [1.29, 1.82) is 0 Å². The first-order chi connectivity index (χ1) is 41.0. The molecule has 0 aromatic rings. The second-order valence-corrected chi connectivity index (χ2v) is 25.9. The van der Waals surface area contributed by atoms with Gasteiger partial charge in [-0.15, -0.1) is 0 Å². The molecule has 83 heavy (non-hydrogen) atoms. The van der Waals surface area contributed by atoms with E-state index in [1.165, 1.54) is 321 Å². The molecule has 0 aromatic heterocycles. The molecule has 0 amide bonds. The molecular formula is C77H146O6. The number of carbonyl (C=O) groups is 3. The second-order valence-electron chi connectivity index (χ2n) is 25.9. The highest BCUT2D eigenvalue weighted by Crippen LogP contribution is 2.20. The zero-order valence-electron chi connectivity index (χ0n) is 56.5. The summed E-state index contributed by atoms with van der Waals surface area (Å²) < 4.78 is 17.1. The predicted octanol–water partition coefficient (Wildman–Crippen LogP) is 26.1. The first kappa shape index (κ1) is 80.9. The molecule has 0 aliphatic heterocycles. The highest BCUT2D eigenvalue weighted by Gasteiger charge is 2.20. The predicted molar refractivity (Wildman–Crippen MR) is 363 cm³/mol. The standard InChI is InChI=1S/C77H146O6/c1-4-7-10-13-16-19-22-25-28-31-34-36-38-40-41-43-46-49-52-55-58-61-64-67-70-76(79)82-73-74(72-81-75(78)69-66-63-60-57-54-51-48-45-33-30-27-24-21-18-15-12-9-6-3)83-77(80)71-68-65-62-59-56-53-50-47-44-42-39-37-35-32-29-26-23-20-17-14-11-8-5-2/h21,24,30,33,74H,4-20,22-23,25-29,31-32,34-73H2,1-3H3/b24-21-,33-30-. The van der Waals surface area contributed by atoms with E-state index in [2.05, 4.69) is 45.1 Å². The zero-order valence-corrected chi connectivity index (χ0v) is 56.5. The van der Waals surface area contributed by atoms with E-state index in [1.54, 1.807) is 0 Å². The van der Waals surface area contributed by atoms with Crippen molar-refractivity contribution in [3.63, 3.8) is 0 Å². The summed E-state index contributed by atoms with van der Waals surface area (Å²) in [6.45, 7) is 6.72. The van der Waals surface area contributed by atoms with Gasteiger partial charge in [-0.25, -0.2) is 0 Å². The van der Waals surface area contributed by atoms with Crippen LogP contribution in [0.25, 0.3) is 0 Å². The lowest BCUT2D eigenvalue weighted by Gasteiger charge is -2.18. The normalized spacial score (nSPS) is 12.1. The number of hydrogen-bond acceptors (Lipinski definition) is 6. The van der Waals surface area contributed by atoms with Crippen molar-refractivity contribution in [1.82, 2.24) is 0 Å². The van der Waals surface area contributed by atoms with E-state index >= 15 is 0 Å². The third kappa shape index (κ3) is 70.5. The van der Waals surface area contributed by atoms with E-state index in [0.29, 0.717) is 19.3 Å². The minimum Gasteiger partial charge on any atom is -0.462 e. The Labute approximate surface area is 519 Å². The maximum absolute atomic E-state index is 13.0. The summed E-state index contributed by atoms with van der Waals surface area (Å²) in [6.07, 6.45) is 89.3. The molecule has 0 heterocycles. The SMILES string of the molecule is CCCCCC/C=C\C/C=C\CCCCCCCCCC(=O)OCC(COC(=O)CCCCCCCCCCCCCCCCCCCCCCCCCC)OC(=O)CCCCCCCCCCCCCCCCCCCCCCCCC. The second kappa shape index (κ2) is 72.4. The topological polar surface area (TPSA) is 78.9 Å². The van der Waals surface area contributed by atoms with Crippen LogP contribution in [-0.2, 0) is 28.6 Å². The van der Waals surface area contributed by atoms with E-state index in [9.17, 15) is 14.4 Å². The molecule has 6 heteroatoms. The Kier molecular flexibility index (Phi) is 70.5. The first-order valence-corrected chi connectivity index (χ1v) is 37.8. The molecule has 0 rings (SSSR count). The number of hydrogen-bond donors (Lipinski definition) is 0. The average Bonchev–Trinajstić information content (AvgIpc) is 3.50. The summed E-state index contributed by atoms with van der Waals surface area (Å²) >= 11 is 0. The van der Waals surface area contributed by atoms with Gasteiger partial charge in [0.15, 0.2) is 6.10 Å². The van der Waals surface area contributed by atoms with Gasteiger partial charge in [0.2, 0.25) is 0 Å². The molecule has 1 atom stereocenters. The highest BCUT2D eigenvalue weighted by atomic mass is 16.6. The summed E-state index contributed by atoms with van der Waals surface area (Å²) in [7, 11) is 0. The van der Waals surface area contributed by atoms with Gasteiger partial charge in [0.25, 0.3) is 0 Å². The van der Waals surface area contributed by atoms with Crippen LogP contribution in [0.3, 0.4) is 0 Å². The Hall–Kier alpha value is -2.11. The van der Waals surface area contributed by atoms with E-state index in [4.69, 9.17) is 14.2 Å². The Balaban J connectivity index is 4.27. The quantitative estimate of drug-likeness (QED) is 0.0261. The molecule has 0 saturated heterocycles. The molecule has 0 aliphatic rings. The van der Waals surface area contributed by atoms with Gasteiger partial charge in [0, 0.05) is 19.3 Å². The fraction of sp³-hybridized carbons (Fsp3) is 0.909. The van der Waals surface area contributed by atoms with Crippen molar-refractivity contribution < 1.29 is 28.6 Å². The Bertz CT molecular complexity index is 1340. The lowest BCUT2D eigenvalue weighted by Crippen LogP contribution is -2.30. The summed E-state index contributed by atoms with van der Waals surface area (Å²) in [4.78, 5) is 38.6. The van der Waals surface area contributed by atoms with Crippen LogP contribution in [0.2, 0.25) is 0 Å². The zero-order chi connectivity index (χ0) is 59.9. The van der Waals surface area contributed by atoms with Gasteiger partial charge in [-0.1, -0.05) is 385 Å². The molecule has 0 fully saturated rings. The van der Waals surface area contributed by atoms with E-state index in [0.717, 1.165) is 70.6 Å². The third-order valence-electron chi connectivity index (χ3n) is 17.5. The van der Waals surface area contributed by atoms with Gasteiger partial charge in [0.1, 0.15) is 13.2 Å². The van der Waals surface area contributed by atoms with Crippen LogP contribution >= 0.6 is 0 Å². The molecule has 6 nitrogen and oxygen atoms in total. The van der Waals surface area contributed by atoms with Crippen molar-refractivity contribution in [3.8, 4) is 0 Å². The maximum Gasteiger partial charge on any atom is 0.306 e. The van der Waals surface area contributed by atoms with Crippen molar-refractivity contribution in [2.45, 2.75) is 438 Å². The smallest absolute Gasteiger partial charge is 0.306 e. The highest BCUT2D eigenvalue weighted by molar-refractivity contribution is 5.71. The van der Waals surface area contributed by atoms with Gasteiger partial charge in [-0.3, -0.25) is 14.4 Å². The van der Waals surface area contributed by atoms with Crippen LogP contribution in [0.15, 0.2) is 24.3 Å². The molecule has 0 aromatic carbocycles. The van der Waals surface area contributed by atoms with Crippen LogP contribution in [-0.4, -0.2) is 37.2 Å². The summed E-state index contributed by atoms with van der Waals surface area (Å²) in [6, 6.07) is 0. The van der Waals surface area contributed by atoms with Gasteiger partial charge in [-0.2, -0.15) is 0 Å². The fourth-order valence-corrected chi connectivity index (χ4v) is 11.8. The van der Waals surface area contributed by atoms with Crippen LogP contribution in [0, 0.1) is 0 Å². The number of carbonyl (C=O) groups excluding carboxylic acids is 3. The number of rotatable bonds is 71. The van der Waals surface area contributed by atoms with Gasteiger partial charge >= 0.3 is 17.9 Å².